The van der Waals surface area contributed by atoms with Gasteiger partial charge in [0.1, 0.15) is 0 Å². The van der Waals surface area contributed by atoms with Gasteiger partial charge in [0.05, 0.1) is 5.92 Å². The Balaban J connectivity index is 1.57. The minimum atomic E-state index is 0.259. The summed E-state index contributed by atoms with van der Waals surface area (Å²) in [6, 6.07) is 0. The molecule has 3 heteroatoms. The van der Waals surface area contributed by atoms with Gasteiger partial charge in [-0.1, -0.05) is 13.8 Å². The van der Waals surface area contributed by atoms with E-state index in [4.69, 9.17) is 0 Å². The molecular weight excluding hydrogens is 200 g/mol. The minimum Gasteiger partial charge on any atom is -0.342 e. The van der Waals surface area contributed by atoms with E-state index >= 15 is 0 Å². The van der Waals surface area contributed by atoms with Crippen molar-refractivity contribution in [3.63, 3.8) is 0 Å². The number of hydrogen-bond acceptors (Lipinski definition) is 2. The summed E-state index contributed by atoms with van der Waals surface area (Å²) >= 11 is 0. The molecule has 0 aromatic carbocycles. The van der Waals surface area contributed by atoms with Crippen molar-refractivity contribution in [1.82, 2.24) is 10.2 Å². The topological polar surface area (TPSA) is 32.3 Å². The third-order valence-corrected chi connectivity index (χ3v) is 5.08. The molecule has 1 saturated carbocycles. The Hall–Kier alpha value is -0.570. The average molecular weight is 222 g/mol. The largest absolute Gasteiger partial charge is 0.342 e. The van der Waals surface area contributed by atoms with Crippen molar-refractivity contribution in [2.45, 2.75) is 26.7 Å². The third-order valence-electron chi connectivity index (χ3n) is 5.08. The van der Waals surface area contributed by atoms with E-state index in [1.54, 1.807) is 0 Å². The zero-order chi connectivity index (χ0) is 11.3. The molecule has 1 N–H and O–H groups in total. The first-order valence-electron chi connectivity index (χ1n) is 6.60. The van der Waals surface area contributed by atoms with Crippen molar-refractivity contribution >= 4 is 5.91 Å². The number of nitrogens with zero attached hydrogens (tertiary/aromatic N) is 1. The number of rotatable bonds is 1. The fraction of sp³-hybridized carbons (Fsp3) is 0.923. The fourth-order valence-corrected chi connectivity index (χ4v) is 3.63. The normalized spacial score (nSPS) is 40.6. The molecule has 1 aliphatic carbocycles. The Labute approximate surface area is 97.6 Å². The van der Waals surface area contributed by atoms with Crippen LogP contribution in [0.5, 0.6) is 0 Å². The number of amides is 1. The van der Waals surface area contributed by atoms with Gasteiger partial charge in [-0.15, -0.1) is 0 Å². The Kier molecular flexibility index (Phi) is 2.29. The van der Waals surface area contributed by atoms with Gasteiger partial charge < -0.3 is 10.2 Å². The van der Waals surface area contributed by atoms with Crippen LogP contribution in [0.1, 0.15) is 26.7 Å². The fourth-order valence-electron chi connectivity index (χ4n) is 3.63. The first kappa shape index (κ1) is 10.6. The summed E-state index contributed by atoms with van der Waals surface area (Å²) in [7, 11) is 0. The highest BCUT2D eigenvalue weighted by atomic mass is 16.2. The van der Waals surface area contributed by atoms with Gasteiger partial charge in [-0.25, -0.2) is 0 Å². The van der Waals surface area contributed by atoms with Crippen LogP contribution in [0.3, 0.4) is 0 Å². The Morgan fingerprint density at radius 2 is 2.00 bits per heavy atom. The average Bonchev–Trinajstić information content (AvgIpc) is 2.72. The third kappa shape index (κ3) is 1.48. The second-order valence-corrected chi connectivity index (χ2v) is 6.32. The summed E-state index contributed by atoms with van der Waals surface area (Å²) < 4.78 is 0. The van der Waals surface area contributed by atoms with Crippen molar-refractivity contribution < 1.29 is 4.79 Å². The van der Waals surface area contributed by atoms with Crippen LogP contribution in [0, 0.1) is 23.2 Å². The number of piperidine rings is 2. The molecule has 0 radical (unpaired) electrons. The SMILES string of the molecule is CC1(C)C2CN(C(=O)C3CCCNC3)CC21. The lowest BCUT2D eigenvalue weighted by molar-refractivity contribution is -0.135. The summed E-state index contributed by atoms with van der Waals surface area (Å²) in [5, 5.41) is 3.33. The zero-order valence-electron chi connectivity index (χ0n) is 10.3. The summed E-state index contributed by atoms with van der Waals surface area (Å²) in [5.74, 6) is 2.24. The number of carbonyl (C=O) groups is 1. The highest BCUT2D eigenvalue weighted by Crippen LogP contribution is 2.62. The van der Waals surface area contributed by atoms with Gasteiger partial charge in [0, 0.05) is 19.6 Å². The first-order valence-corrected chi connectivity index (χ1v) is 6.60. The highest BCUT2D eigenvalue weighted by Gasteiger charge is 2.62. The molecule has 3 fully saturated rings. The van der Waals surface area contributed by atoms with E-state index in [1.807, 2.05) is 0 Å². The summed E-state index contributed by atoms with van der Waals surface area (Å²) in [5.41, 5.74) is 0.515. The smallest absolute Gasteiger partial charge is 0.226 e. The van der Waals surface area contributed by atoms with E-state index < -0.39 is 0 Å². The maximum Gasteiger partial charge on any atom is 0.226 e. The van der Waals surface area contributed by atoms with Crippen LogP contribution < -0.4 is 5.32 Å². The van der Waals surface area contributed by atoms with Gasteiger partial charge in [-0.3, -0.25) is 4.79 Å². The highest BCUT2D eigenvalue weighted by molar-refractivity contribution is 5.79. The van der Waals surface area contributed by atoms with Crippen molar-refractivity contribution in [3.05, 3.63) is 0 Å². The molecule has 0 spiro atoms. The number of nitrogens with one attached hydrogen (secondary N) is 1. The molecule has 2 saturated heterocycles. The molecule has 90 valence electrons. The van der Waals surface area contributed by atoms with E-state index in [9.17, 15) is 4.79 Å². The molecule has 3 nitrogen and oxygen atoms in total. The second kappa shape index (κ2) is 3.46. The van der Waals surface area contributed by atoms with Crippen molar-refractivity contribution in [1.29, 1.82) is 0 Å². The van der Waals surface area contributed by atoms with Crippen molar-refractivity contribution in [2.75, 3.05) is 26.2 Å². The van der Waals surface area contributed by atoms with Gasteiger partial charge in [-0.05, 0) is 36.6 Å². The molecule has 0 aromatic rings. The van der Waals surface area contributed by atoms with Crippen LogP contribution in [0.2, 0.25) is 0 Å². The summed E-state index contributed by atoms with van der Waals surface area (Å²) in [6.07, 6.45) is 2.24. The van der Waals surface area contributed by atoms with Gasteiger partial charge in [0.15, 0.2) is 0 Å². The van der Waals surface area contributed by atoms with Crippen LogP contribution >= 0.6 is 0 Å². The number of carbonyl (C=O) groups excluding carboxylic acids is 1. The minimum absolute atomic E-state index is 0.259. The van der Waals surface area contributed by atoms with Crippen molar-refractivity contribution in [2.24, 2.45) is 23.2 Å². The maximum atomic E-state index is 12.3. The molecule has 16 heavy (non-hydrogen) atoms. The number of hydrogen-bond donors (Lipinski definition) is 1. The summed E-state index contributed by atoms with van der Waals surface area (Å²) in [4.78, 5) is 14.4. The molecule has 2 heterocycles. The van der Waals surface area contributed by atoms with Gasteiger partial charge in [-0.2, -0.15) is 0 Å². The first-order chi connectivity index (χ1) is 7.60. The molecule has 3 aliphatic rings. The molecular formula is C13H22N2O. The quantitative estimate of drug-likeness (QED) is 0.720. The van der Waals surface area contributed by atoms with E-state index in [2.05, 4.69) is 24.1 Å². The molecule has 0 aromatic heterocycles. The predicted octanol–water partition coefficient (Wildman–Crippen LogP) is 1.10. The second-order valence-electron chi connectivity index (χ2n) is 6.32. The Bertz CT molecular complexity index is 293. The molecule has 1 amide bonds. The van der Waals surface area contributed by atoms with Crippen molar-refractivity contribution in [3.8, 4) is 0 Å². The van der Waals surface area contributed by atoms with Crippen LogP contribution in [-0.2, 0) is 4.79 Å². The van der Waals surface area contributed by atoms with Gasteiger partial charge >= 0.3 is 0 Å². The maximum absolute atomic E-state index is 12.3. The van der Waals surface area contributed by atoms with Crippen LogP contribution in [0.25, 0.3) is 0 Å². The van der Waals surface area contributed by atoms with Crippen LogP contribution in [-0.4, -0.2) is 37.0 Å². The monoisotopic (exact) mass is 222 g/mol. The standard InChI is InChI=1S/C13H22N2O/c1-13(2)10-7-15(8-11(10)13)12(16)9-4-3-5-14-6-9/h9-11,14H,3-8H2,1-2H3. The lowest BCUT2D eigenvalue weighted by Crippen LogP contribution is -2.43. The molecule has 3 atom stereocenters. The number of fused-ring (bicyclic) bond motifs is 1. The lowest BCUT2D eigenvalue weighted by atomic mass is 9.97. The van der Waals surface area contributed by atoms with Gasteiger partial charge in [0.25, 0.3) is 0 Å². The van der Waals surface area contributed by atoms with E-state index in [1.165, 1.54) is 0 Å². The molecule has 0 bridgehead atoms. The van der Waals surface area contributed by atoms with Crippen LogP contribution in [0.15, 0.2) is 0 Å². The molecule has 3 unspecified atom stereocenters. The van der Waals surface area contributed by atoms with Crippen LogP contribution in [0.4, 0.5) is 0 Å². The van der Waals surface area contributed by atoms with E-state index in [-0.39, 0.29) is 5.92 Å². The summed E-state index contributed by atoms with van der Waals surface area (Å²) in [6.45, 7) is 8.70. The Morgan fingerprint density at radius 3 is 2.56 bits per heavy atom. The lowest BCUT2D eigenvalue weighted by Gasteiger charge is -2.29. The van der Waals surface area contributed by atoms with Gasteiger partial charge in [0.2, 0.25) is 5.91 Å². The predicted molar refractivity (Wildman–Crippen MR) is 62.9 cm³/mol. The number of likely N-dealkylation sites (tertiary alicyclic amines) is 1. The molecule has 2 aliphatic heterocycles. The zero-order valence-corrected chi connectivity index (χ0v) is 10.3. The Morgan fingerprint density at radius 1 is 1.31 bits per heavy atom. The molecule has 3 rings (SSSR count). The van der Waals surface area contributed by atoms with E-state index in [0.29, 0.717) is 11.3 Å². The van der Waals surface area contributed by atoms with E-state index in [0.717, 1.165) is 50.9 Å².